The monoisotopic (exact) mass is 286 g/mol. The molecule has 0 aliphatic heterocycles. The second-order valence-electron chi connectivity index (χ2n) is 5.43. The molecule has 2 rings (SSSR count). The minimum Gasteiger partial charge on any atom is -0.345 e. The highest BCUT2D eigenvalue weighted by molar-refractivity contribution is 5.90. The highest BCUT2D eigenvalue weighted by atomic mass is 16.2. The molecule has 0 aliphatic carbocycles. The van der Waals surface area contributed by atoms with Crippen LogP contribution in [0.5, 0.6) is 0 Å². The van der Waals surface area contributed by atoms with Crippen molar-refractivity contribution in [2.45, 2.75) is 46.1 Å². The lowest BCUT2D eigenvalue weighted by Crippen LogP contribution is -2.24. The molecule has 0 saturated carbocycles. The van der Waals surface area contributed by atoms with Crippen LogP contribution in [0, 0.1) is 0 Å². The van der Waals surface area contributed by atoms with Gasteiger partial charge in [0.1, 0.15) is 5.82 Å². The Labute approximate surface area is 125 Å². The maximum atomic E-state index is 12.0. The number of H-pyrrole nitrogens is 1. The van der Waals surface area contributed by atoms with Crippen molar-refractivity contribution in [3.8, 4) is 0 Å². The van der Waals surface area contributed by atoms with Crippen LogP contribution in [0.2, 0.25) is 0 Å². The molecule has 0 radical (unpaired) electrons. The summed E-state index contributed by atoms with van der Waals surface area (Å²) in [4.78, 5) is 16.1. The van der Waals surface area contributed by atoms with Crippen molar-refractivity contribution < 1.29 is 4.79 Å². The Balaban J connectivity index is 1.90. The van der Waals surface area contributed by atoms with Crippen LogP contribution in [-0.4, -0.2) is 21.1 Å². The number of nitrogens with one attached hydrogen (secondary N) is 2. The topological polar surface area (TPSA) is 70.7 Å². The van der Waals surface area contributed by atoms with Crippen LogP contribution in [0.1, 0.15) is 60.7 Å². The zero-order chi connectivity index (χ0) is 15.2. The van der Waals surface area contributed by atoms with Gasteiger partial charge in [-0.3, -0.25) is 9.89 Å². The molecule has 1 aromatic carbocycles. The molecule has 0 fully saturated rings. The number of nitrogens with zero attached hydrogens (tertiary/aromatic N) is 2. The number of amides is 1. The largest absolute Gasteiger partial charge is 0.345 e. The van der Waals surface area contributed by atoms with Gasteiger partial charge in [0.05, 0.1) is 0 Å². The molecule has 1 amide bonds. The number of aromatic amines is 1. The van der Waals surface area contributed by atoms with Crippen molar-refractivity contribution in [2.75, 3.05) is 0 Å². The van der Waals surface area contributed by atoms with E-state index in [9.17, 15) is 4.79 Å². The molecule has 0 bridgehead atoms. The van der Waals surface area contributed by atoms with Crippen LogP contribution < -0.4 is 5.32 Å². The molecule has 0 aliphatic rings. The van der Waals surface area contributed by atoms with Crippen LogP contribution >= 0.6 is 0 Å². The number of carbonyl (C=O) groups excluding carboxylic acids is 1. The molecule has 0 spiro atoms. The number of hydrogen-bond acceptors (Lipinski definition) is 3. The molecule has 1 aromatic heterocycles. The zero-order valence-corrected chi connectivity index (χ0v) is 12.8. The van der Waals surface area contributed by atoms with Gasteiger partial charge in [-0.25, -0.2) is 4.98 Å². The predicted octanol–water partition coefficient (Wildman–Crippen LogP) is 2.81. The van der Waals surface area contributed by atoms with E-state index < -0.39 is 0 Å². The van der Waals surface area contributed by atoms with Crippen LogP contribution in [0.25, 0.3) is 0 Å². The van der Waals surface area contributed by atoms with Gasteiger partial charge < -0.3 is 5.32 Å². The normalized spacial score (nSPS) is 10.9. The minimum absolute atomic E-state index is 0.206. The van der Waals surface area contributed by atoms with Gasteiger partial charge in [-0.1, -0.05) is 45.0 Å². The second-order valence-corrected chi connectivity index (χ2v) is 5.43. The third-order valence-corrected chi connectivity index (χ3v) is 3.32. The van der Waals surface area contributed by atoms with Gasteiger partial charge >= 0.3 is 0 Å². The van der Waals surface area contributed by atoms with Crippen molar-refractivity contribution in [1.82, 2.24) is 20.5 Å². The van der Waals surface area contributed by atoms with Gasteiger partial charge in [-0.2, -0.15) is 0 Å². The van der Waals surface area contributed by atoms with E-state index in [-0.39, 0.29) is 11.7 Å². The lowest BCUT2D eigenvalue weighted by molar-refractivity contribution is 0.0941. The van der Waals surface area contributed by atoms with E-state index in [2.05, 4.69) is 53.4 Å². The van der Waals surface area contributed by atoms with Crippen LogP contribution in [-0.2, 0) is 13.0 Å². The predicted molar refractivity (Wildman–Crippen MR) is 82.1 cm³/mol. The molecule has 112 valence electrons. The summed E-state index contributed by atoms with van der Waals surface area (Å²) in [7, 11) is 0. The molecule has 0 saturated heterocycles. The average molecular weight is 286 g/mol. The number of hydrogen-bond donors (Lipinski definition) is 2. The van der Waals surface area contributed by atoms with Crippen LogP contribution in [0.15, 0.2) is 24.3 Å². The minimum atomic E-state index is -0.249. The Hall–Kier alpha value is -2.17. The van der Waals surface area contributed by atoms with Gasteiger partial charge in [-0.05, 0) is 23.5 Å². The third-order valence-electron chi connectivity index (χ3n) is 3.32. The Morgan fingerprint density at radius 3 is 2.62 bits per heavy atom. The van der Waals surface area contributed by atoms with Gasteiger partial charge in [0.15, 0.2) is 0 Å². The summed E-state index contributed by atoms with van der Waals surface area (Å²) in [6.07, 6.45) is 1.77. The van der Waals surface area contributed by atoms with E-state index in [0.717, 1.165) is 24.2 Å². The molecular formula is C16H22N4O. The quantitative estimate of drug-likeness (QED) is 0.857. The van der Waals surface area contributed by atoms with Crippen molar-refractivity contribution >= 4 is 5.91 Å². The number of rotatable bonds is 6. The fraction of sp³-hybridized carbons (Fsp3) is 0.438. The summed E-state index contributed by atoms with van der Waals surface area (Å²) in [5.41, 5.74) is 2.36. The van der Waals surface area contributed by atoms with Gasteiger partial charge in [0.2, 0.25) is 5.82 Å². The molecule has 21 heavy (non-hydrogen) atoms. The van der Waals surface area contributed by atoms with Gasteiger partial charge in [-0.15, -0.1) is 5.10 Å². The van der Waals surface area contributed by atoms with Gasteiger partial charge in [0.25, 0.3) is 5.91 Å². The van der Waals surface area contributed by atoms with E-state index >= 15 is 0 Å². The highest BCUT2D eigenvalue weighted by Gasteiger charge is 2.11. The Kier molecular flexibility index (Phi) is 5.09. The molecule has 0 unspecified atom stereocenters. The van der Waals surface area contributed by atoms with Crippen LogP contribution in [0.4, 0.5) is 0 Å². The second kappa shape index (κ2) is 7.02. The van der Waals surface area contributed by atoms with Crippen molar-refractivity contribution in [2.24, 2.45) is 0 Å². The third kappa shape index (κ3) is 4.15. The summed E-state index contributed by atoms with van der Waals surface area (Å²) >= 11 is 0. The van der Waals surface area contributed by atoms with E-state index in [1.54, 1.807) is 0 Å². The first-order chi connectivity index (χ1) is 10.1. The molecule has 2 aromatic rings. The van der Waals surface area contributed by atoms with Crippen molar-refractivity contribution in [1.29, 1.82) is 0 Å². The van der Waals surface area contributed by atoms with E-state index in [0.29, 0.717) is 12.5 Å². The molecule has 5 nitrogen and oxygen atoms in total. The molecule has 1 heterocycles. The summed E-state index contributed by atoms with van der Waals surface area (Å²) in [5, 5.41) is 9.56. The summed E-state index contributed by atoms with van der Waals surface area (Å²) in [5.74, 6) is 1.22. The molecule has 2 N–H and O–H groups in total. The summed E-state index contributed by atoms with van der Waals surface area (Å²) in [6, 6.07) is 8.27. The van der Waals surface area contributed by atoms with Crippen molar-refractivity contribution in [3.63, 3.8) is 0 Å². The number of aryl methyl sites for hydroxylation is 1. The fourth-order valence-electron chi connectivity index (χ4n) is 2.03. The number of carbonyl (C=O) groups is 1. The lowest BCUT2D eigenvalue weighted by Gasteiger charge is -2.07. The first-order valence-corrected chi connectivity index (χ1v) is 7.38. The van der Waals surface area contributed by atoms with E-state index in [4.69, 9.17) is 0 Å². The Bertz CT molecular complexity index is 587. The maximum absolute atomic E-state index is 12.0. The molecule has 5 heteroatoms. The highest BCUT2D eigenvalue weighted by Crippen LogP contribution is 2.14. The lowest BCUT2D eigenvalue weighted by atomic mass is 10.0. The van der Waals surface area contributed by atoms with E-state index in [1.807, 2.05) is 12.1 Å². The fourth-order valence-corrected chi connectivity index (χ4v) is 2.03. The standard InChI is InChI=1S/C16H22N4O/c1-4-5-14-18-15(20-19-14)16(21)17-10-12-6-8-13(9-7-12)11(2)3/h6-9,11H,4-5,10H2,1-3H3,(H,17,21)(H,18,19,20). The molecular weight excluding hydrogens is 264 g/mol. The average Bonchev–Trinajstić information content (AvgIpc) is 2.94. The van der Waals surface area contributed by atoms with Crippen LogP contribution in [0.3, 0.4) is 0 Å². The Morgan fingerprint density at radius 1 is 1.29 bits per heavy atom. The Morgan fingerprint density at radius 2 is 2.00 bits per heavy atom. The first-order valence-electron chi connectivity index (χ1n) is 7.38. The molecule has 0 atom stereocenters. The first kappa shape index (κ1) is 15.2. The number of benzene rings is 1. The SMILES string of the molecule is CCCc1nc(C(=O)NCc2ccc(C(C)C)cc2)n[nH]1. The number of aromatic nitrogens is 3. The van der Waals surface area contributed by atoms with E-state index in [1.165, 1.54) is 5.56 Å². The zero-order valence-electron chi connectivity index (χ0n) is 12.8. The summed E-state index contributed by atoms with van der Waals surface area (Å²) < 4.78 is 0. The van der Waals surface area contributed by atoms with Crippen molar-refractivity contribution in [3.05, 3.63) is 47.0 Å². The van der Waals surface area contributed by atoms with Gasteiger partial charge in [0, 0.05) is 13.0 Å². The maximum Gasteiger partial charge on any atom is 0.291 e. The summed E-state index contributed by atoms with van der Waals surface area (Å²) in [6.45, 7) is 6.86. The smallest absolute Gasteiger partial charge is 0.291 e.